The van der Waals surface area contributed by atoms with Gasteiger partial charge in [0.25, 0.3) is 0 Å². The molecule has 3 unspecified atom stereocenters. The summed E-state index contributed by atoms with van der Waals surface area (Å²) < 4.78 is 11.0. The van der Waals surface area contributed by atoms with Gasteiger partial charge < -0.3 is 15.2 Å². The Bertz CT molecular complexity index is 673. The highest BCUT2D eigenvalue weighted by atomic mass is 16.6. The highest BCUT2D eigenvalue weighted by molar-refractivity contribution is 5.78. The molecule has 122 valence electrons. The molecule has 0 bridgehead atoms. The van der Waals surface area contributed by atoms with Gasteiger partial charge in [0, 0.05) is 17.8 Å². The normalized spacial score (nSPS) is 30.0. The Hall–Kier alpha value is -1.95. The van der Waals surface area contributed by atoms with Crippen LogP contribution in [0, 0.1) is 0 Å². The lowest BCUT2D eigenvalue weighted by molar-refractivity contribution is -0.177. The molecule has 3 atom stereocenters. The van der Waals surface area contributed by atoms with Crippen LogP contribution >= 0.6 is 0 Å². The van der Waals surface area contributed by atoms with E-state index in [2.05, 4.69) is 6.07 Å². The predicted molar refractivity (Wildman–Crippen MR) is 80.5 cm³/mol. The summed E-state index contributed by atoms with van der Waals surface area (Å²) in [6.45, 7) is 0. The Labute approximate surface area is 134 Å². The van der Waals surface area contributed by atoms with Gasteiger partial charge >= 0.3 is 11.9 Å². The third kappa shape index (κ3) is 2.61. The minimum absolute atomic E-state index is 0.0457. The van der Waals surface area contributed by atoms with E-state index in [0.717, 1.165) is 36.2 Å². The first-order valence-corrected chi connectivity index (χ1v) is 8.28. The molecule has 1 fully saturated rings. The zero-order chi connectivity index (χ0) is 16.0. The van der Waals surface area contributed by atoms with Crippen molar-refractivity contribution in [2.24, 2.45) is 5.73 Å². The van der Waals surface area contributed by atoms with Gasteiger partial charge in [-0.3, -0.25) is 14.6 Å². The quantitative estimate of drug-likeness (QED) is 0.722. The maximum absolute atomic E-state index is 11.8. The second-order valence-electron chi connectivity index (χ2n) is 6.55. The molecule has 1 aliphatic heterocycles. The number of hydrogen-bond acceptors (Lipinski definition) is 6. The van der Waals surface area contributed by atoms with E-state index in [0.29, 0.717) is 6.42 Å². The second kappa shape index (κ2) is 5.60. The molecule has 23 heavy (non-hydrogen) atoms. The lowest BCUT2D eigenvalue weighted by atomic mass is 9.83. The molecule has 2 N–H and O–H groups in total. The minimum atomic E-state index is -0.623. The molecule has 3 aliphatic rings. The van der Waals surface area contributed by atoms with Crippen molar-refractivity contribution in [1.82, 2.24) is 4.98 Å². The molecule has 6 nitrogen and oxygen atoms in total. The van der Waals surface area contributed by atoms with Crippen LogP contribution in [-0.4, -0.2) is 29.1 Å². The van der Waals surface area contributed by atoms with Crippen LogP contribution in [0.3, 0.4) is 0 Å². The molecule has 0 spiro atoms. The number of nitrogens with zero attached hydrogens (tertiary/aromatic N) is 1. The Morgan fingerprint density at radius 1 is 1.00 bits per heavy atom. The van der Waals surface area contributed by atoms with Gasteiger partial charge in [0.2, 0.25) is 0 Å². The Balaban J connectivity index is 1.72. The fourth-order valence-corrected chi connectivity index (χ4v) is 3.76. The van der Waals surface area contributed by atoms with E-state index in [1.165, 1.54) is 12.0 Å². The number of ether oxygens (including phenoxy) is 2. The van der Waals surface area contributed by atoms with Gasteiger partial charge in [0.15, 0.2) is 6.10 Å². The van der Waals surface area contributed by atoms with E-state index >= 15 is 0 Å². The van der Waals surface area contributed by atoms with Crippen LogP contribution in [-0.2, 0) is 38.3 Å². The summed E-state index contributed by atoms with van der Waals surface area (Å²) in [6, 6.07) is 1.62. The van der Waals surface area contributed by atoms with E-state index in [4.69, 9.17) is 20.2 Å². The molecular weight excluding hydrogens is 296 g/mol. The SMILES string of the molecule is NC1c2cc3c(nc2CC2OC(=O)CCC(=O)OC21)CCCC3. The summed E-state index contributed by atoms with van der Waals surface area (Å²) in [7, 11) is 0. The number of aromatic nitrogens is 1. The Kier molecular flexibility index (Phi) is 3.56. The zero-order valence-electron chi connectivity index (χ0n) is 12.9. The van der Waals surface area contributed by atoms with Crippen LogP contribution in [0.5, 0.6) is 0 Å². The molecule has 2 aliphatic carbocycles. The van der Waals surface area contributed by atoms with Gasteiger partial charge in [-0.1, -0.05) is 6.07 Å². The number of rotatable bonds is 0. The van der Waals surface area contributed by atoms with Crippen molar-refractivity contribution in [1.29, 1.82) is 0 Å². The predicted octanol–water partition coefficient (Wildman–Crippen LogP) is 1.13. The maximum atomic E-state index is 11.8. The lowest BCUT2D eigenvalue weighted by Crippen LogP contribution is -2.49. The average Bonchev–Trinajstić information content (AvgIpc) is 2.54. The number of carbonyl (C=O) groups is 2. The van der Waals surface area contributed by atoms with Gasteiger partial charge in [0.1, 0.15) is 6.10 Å². The van der Waals surface area contributed by atoms with Crippen molar-refractivity contribution >= 4 is 11.9 Å². The number of nitrogens with two attached hydrogens (primary N) is 1. The highest BCUT2D eigenvalue weighted by Crippen LogP contribution is 2.35. The van der Waals surface area contributed by atoms with E-state index in [1.807, 2.05) is 0 Å². The van der Waals surface area contributed by atoms with Gasteiger partial charge in [-0.25, -0.2) is 0 Å². The molecular formula is C17H20N2O4. The monoisotopic (exact) mass is 316 g/mol. The first-order valence-electron chi connectivity index (χ1n) is 8.28. The molecule has 0 radical (unpaired) electrons. The van der Waals surface area contributed by atoms with Crippen LogP contribution < -0.4 is 5.73 Å². The molecule has 0 aromatic carbocycles. The number of hydrogen-bond donors (Lipinski definition) is 1. The van der Waals surface area contributed by atoms with Crippen molar-refractivity contribution in [2.75, 3.05) is 0 Å². The minimum Gasteiger partial charge on any atom is -0.458 e. The largest absolute Gasteiger partial charge is 0.458 e. The third-order valence-electron chi connectivity index (χ3n) is 4.97. The van der Waals surface area contributed by atoms with Crippen molar-refractivity contribution in [2.45, 2.75) is 63.2 Å². The highest BCUT2D eigenvalue weighted by Gasteiger charge is 2.42. The topological polar surface area (TPSA) is 91.5 Å². The van der Waals surface area contributed by atoms with Crippen molar-refractivity contribution < 1.29 is 19.1 Å². The van der Waals surface area contributed by atoms with Crippen LogP contribution in [0.4, 0.5) is 0 Å². The van der Waals surface area contributed by atoms with Gasteiger partial charge in [-0.05, 0) is 36.8 Å². The van der Waals surface area contributed by atoms with E-state index in [1.54, 1.807) is 0 Å². The van der Waals surface area contributed by atoms with Gasteiger partial charge in [-0.15, -0.1) is 0 Å². The number of carbonyl (C=O) groups excluding carboxylic acids is 2. The number of aryl methyl sites for hydroxylation is 2. The Morgan fingerprint density at radius 2 is 1.74 bits per heavy atom. The zero-order valence-corrected chi connectivity index (χ0v) is 12.9. The molecule has 1 saturated heterocycles. The average molecular weight is 316 g/mol. The van der Waals surface area contributed by atoms with Gasteiger partial charge in [0.05, 0.1) is 18.9 Å². The first kappa shape index (κ1) is 14.6. The summed E-state index contributed by atoms with van der Waals surface area (Å²) in [5.74, 6) is -0.758. The molecule has 6 heteroatoms. The van der Waals surface area contributed by atoms with E-state index < -0.39 is 18.2 Å². The Morgan fingerprint density at radius 3 is 2.57 bits per heavy atom. The van der Waals surface area contributed by atoms with Crippen molar-refractivity contribution in [3.63, 3.8) is 0 Å². The molecule has 2 heterocycles. The summed E-state index contributed by atoms with van der Waals surface area (Å²) in [4.78, 5) is 28.4. The smallest absolute Gasteiger partial charge is 0.306 e. The molecule has 0 amide bonds. The number of pyridine rings is 1. The maximum Gasteiger partial charge on any atom is 0.306 e. The lowest BCUT2D eigenvalue weighted by Gasteiger charge is -2.37. The molecule has 1 aromatic heterocycles. The van der Waals surface area contributed by atoms with Crippen LogP contribution in [0.1, 0.15) is 54.2 Å². The van der Waals surface area contributed by atoms with Crippen LogP contribution in [0.15, 0.2) is 6.07 Å². The fraction of sp³-hybridized carbons (Fsp3) is 0.588. The fourth-order valence-electron chi connectivity index (χ4n) is 3.76. The summed E-state index contributed by atoms with van der Waals surface area (Å²) in [5, 5.41) is 0. The number of esters is 2. The molecule has 1 aromatic rings. The van der Waals surface area contributed by atoms with Gasteiger partial charge in [-0.2, -0.15) is 0 Å². The summed E-state index contributed by atoms with van der Waals surface area (Å²) in [5.41, 5.74) is 10.5. The van der Waals surface area contributed by atoms with Crippen LogP contribution in [0.25, 0.3) is 0 Å². The van der Waals surface area contributed by atoms with E-state index in [9.17, 15) is 9.59 Å². The summed E-state index contributed by atoms with van der Waals surface area (Å²) in [6.07, 6.45) is 3.73. The first-order chi connectivity index (χ1) is 11.1. The number of fused-ring (bicyclic) bond motifs is 3. The van der Waals surface area contributed by atoms with Crippen molar-refractivity contribution in [3.05, 3.63) is 28.6 Å². The van der Waals surface area contributed by atoms with Crippen molar-refractivity contribution in [3.8, 4) is 0 Å². The summed E-state index contributed by atoms with van der Waals surface area (Å²) >= 11 is 0. The van der Waals surface area contributed by atoms with Crippen LogP contribution in [0.2, 0.25) is 0 Å². The molecule has 0 saturated carbocycles. The third-order valence-corrected chi connectivity index (χ3v) is 4.97. The molecule has 4 rings (SSSR count). The standard InChI is InChI=1S/C17H20N2O4/c18-16-10-7-9-3-1-2-4-11(9)19-12(10)8-13-17(16)23-15(21)6-5-14(20)22-13/h7,13,16-17H,1-6,8,18H2. The second-order valence-corrected chi connectivity index (χ2v) is 6.55. The van der Waals surface area contributed by atoms with E-state index in [-0.39, 0.29) is 24.8 Å².